The van der Waals surface area contributed by atoms with Gasteiger partial charge in [-0.05, 0) is 41.8 Å². The SMILES string of the molecule is Nc1ccccc1NC(=O)c1ccc(CN2C(=O)c3cccc4cccc2c34)nc1. The molecule has 0 unspecified atom stereocenters. The minimum atomic E-state index is -0.290. The van der Waals surface area contributed by atoms with Gasteiger partial charge in [-0.2, -0.15) is 0 Å². The van der Waals surface area contributed by atoms with Crippen molar-refractivity contribution in [2.24, 2.45) is 0 Å². The lowest BCUT2D eigenvalue weighted by molar-refractivity contribution is 0.0988. The number of pyridine rings is 1. The van der Waals surface area contributed by atoms with E-state index in [2.05, 4.69) is 10.3 Å². The highest BCUT2D eigenvalue weighted by molar-refractivity contribution is 6.24. The van der Waals surface area contributed by atoms with Gasteiger partial charge in [-0.3, -0.25) is 14.6 Å². The third-order valence-electron chi connectivity index (χ3n) is 5.27. The van der Waals surface area contributed by atoms with E-state index in [0.717, 1.165) is 16.5 Å². The standard InChI is InChI=1S/C24H18N4O2/c25-19-8-1-2-9-20(19)27-23(29)16-11-12-17(26-13-16)14-28-21-10-4-6-15-5-3-7-18(22(15)21)24(28)30/h1-13H,14,25H2,(H,27,29). The molecule has 6 nitrogen and oxygen atoms in total. The average molecular weight is 394 g/mol. The number of benzene rings is 3. The van der Waals surface area contributed by atoms with Crippen LogP contribution in [0.5, 0.6) is 0 Å². The van der Waals surface area contributed by atoms with Crippen molar-refractivity contribution in [3.63, 3.8) is 0 Å². The maximum atomic E-state index is 12.9. The van der Waals surface area contributed by atoms with Crippen molar-refractivity contribution in [1.29, 1.82) is 0 Å². The zero-order chi connectivity index (χ0) is 20.7. The lowest BCUT2D eigenvalue weighted by atomic mass is 10.1. The molecule has 0 aliphatic carbocycles. The zero-order valence-corrected chi connectivity index (χ0v) is 16.0. The second kappa shape index (κ2) is 7.00. The Balaban J connectivity index is 1.36. The van der Waals surface area contributed by atoms with Gasteiger partial charge in [0.05, 0.1) is 34.9 Å². The van der Waals surface area contributed by atoms with Gasteiger partial charge in [0, 0.05) is 17.1 Å². The van der Waals surface area contributed by atoms with Crippen molar-refractivity contribution < 1.29 is 9.59 Å². The second-order valence-electron chi connectivity index (χ2n) is 7.15. The van der Waals surface area contributed by atoms with E-state index in [1.807, 2.05) is 36.4 Å². The summed E-state index contributed by atoms with van der Waals surface area (Å²) in [5.74, 6) is -0.327. The van der Waals surface area contributed by atoms with E-state index >= 15 is 0 Å². The summed E-state index contributed by atoms with van der Waals surface area (Å²) in [6.45, 7) is 0.333. The van der Waals surface area contributed by atoms with Crippen LogP contribution in [0.3, 0.4) is 0 Å². The Labute approximate surface area is 173 Å². The highest BCUT2D eigenvalue weighted by Crippen LogP contribution is 2.37. The number of anilines is 3. The van der Waals surface area contributed by atoms with Crippen LogP contribution in [0, 0.1) is 0 Å². The number of carbonyl (C=O) groups excluding carboxylic acids is 2. The number of hydrogen-bond acceptors (Lipinski definition) is 4. The van der Waals surface area contributed by atoms with Gasteiger partial charge in [0.2, 0.25) is 0 Å². The molecule has 3 aromatic carbocycles. The van der Waals surface area contributed by atoms with E-state index in [0.29, 0.717) is 34.7 Å². The Morgan fingerprint density at radius 2 is 1.77 bits per heavy atom. The number of para-hydroxylation sites is 2. The molecule has 6 heteroatoms. The van der Waals surface area contributed by atoms with E-state index in [1.165, 1.54) is 6.20 Å². The molecular formula is C24H18N4O2. The van der Waals surface area contributed by atoms with E-state index in [-0.39, 0.29) is 11.8 Å². The number of nitrogens with zero attached hydrogens (tertiary/aromatic N) is 2. The molecule has 30 heavy (non-hydrogen) atoms. The summed E-state index contributed by atoms with van der Waals surface area (Å²) in [6.07, 6.45) is 1.51. The normalized spacial score (nSPS) is 12.4. The third kappa shape index (κ3) is 2.95. The molecule has 1 aromatic heterocycles. The second-order valence-corrected chi connectivity index (χ2v) is 7.15. The summed E-state index contributed by atoms with van der Waals surface area (Å²) in [5, 5.41) is 4.80. The molecule has 2 heterocycles. The van der Waals surface area contributed by atoms with Crippen LogP contribution in [-0.4, -0.2) is 16.8 Å². The first-order valence-corrected chi connectivity index (χ1v) is 9.56. The molecule has 5 rings (SSSR count). The topological polar surface area (TPSA) is 88.3 Å². The smallest absolute Gasteiger partial charge is 0.259 e. The van der Waals surface area contributed by atoms with Crippen molar-refractivity contribution in [1.82, 2.24) is 4.98 Å². The van der Waals surface area contributed by atoms with Gasteiger partial charge < -0.3 is 16.0 Å². The predicted molar refractivity (Wildman–Crippen MR) is 118 cm³/mol. The first kappa shape index (κ1) is 17.9. The summed E-state index contributed by atoms with van der Waals surface area (Å²) >= 11 is 0. The Hall–Kier alpha value is -4.19. The van der Waals surface area contributed by atoms with Crippen LogP contribution in [0.4, 0.5) is 17.1 Å². The lowest BCUT2D eigenvalue weighted by Crippen LogP contribution is -2.26. The van der Waals surface area contributed by atoms with E-state index in [4.69, 9.17) is 5.73 Å². The number of aromatic nitrogens is 1. The number of carbonyl (C=O) groups is 2. The minimum absolute atomic E-state index is 0.0371. The fourth-order valence-electron chi connectivity index (χ4n) is 3.76. The number of hydrogen-bond donors (Lipinski definition) is 2. The first-order chi connectivity index (χ1) is 14.6. The zero-order valence-electron chi connectivity index (χ0n) is 16.0. The Kier molecular flexibility index (Phi) is 4.17. The van der Waals surface area contributed by atoms with Crippen molar-refractivity contribution in [3.05, 3.63) is 95.8 Å². The fraction of sp³-hybridized carbons (Fsp3) is 0.0417. The Morgan fingerprint density at radius 1 is 0.967 bits per heavy atom. The van der Waals surface area contributed by atoms with Gasteiger partial charge in [-0.15, -0.1) is 0 Å². The third-order valence-corrected chi connectivity index (χ3v) is 5.27. The van der Waals surface area contributed by atoms with Gasteiger partial charge in [0.15, 0.2) is 0 Å². The van der Waals surface area contributed by atoms with Crippen molar-refractivity contribution in [3.8, 4) is 0 Å². The van der Waals surface area contributed by atoms with Crippen LogP contribution >= 0.6 is 0 Å². The number of nitrogens with one attached hydrogen (secondary N) is 1. The van der Waals surface area contributed by atoms with Crippen LogP contribution in [0.1, 0.15) is 26.4 Å². The Morgan fingerprint density at radius 3 is 2.53 bits per heavy atom. The molecule has 1 aliphatic rings. The number of nitrogen functional groups attached to an aromatic ring is 1. The summed E-state index contributed by atoms with van der Waals surface area (Å²) in [4.78, 5) is 31.5. The molecule has 0 fully saturated rings. The molecule has 1 aliphatic heterocycles. The fourth-order valence-corrected chi connectivity index (χ4v) is 3.76. The summed E-state index contributed by atoms with van der Waals surface area (Å²) in [7, 11) is 0. The van der Waals surface area contributed by atoms with Crippen LogP contribution in [0.2, 0.25) is 0 Å². The van der Waals surface area contributed by atoms with Gasteiger partial charge >= 0.3 is 0 Å². The molecule has 0 radical (unpaired) electrons. The van der Waals surface area contributed by atoms with Gasteiger partial charge in [-0.25, -0.2) is 0 Å². The molecular weight excluding hydrogens is 376 g/mol. The molecule has 0 bridgehead atoms. The molecule has 0 atom stereocenters. The quantitative estimate of drug-likeness (QED) is 0.507. The highest BCUT2D eigenvalue weighted by atomic mass is 16.2. The summed E-state index contributed by atoms with van der Waals surface area (Å²) in [5.41, 5.74) is 9.64. The monoisotopic (exact) mass is 394 g/mol. The molecule has 0 saturated heterocycles. The number of rotatable bonds is 4. The summed E-state index contributed by atoms with van der Waals surface area (Å²) < 4.78 is 0. The largest absolute Gasteiger partial charge is 0.397 e. The van der Waals surface area contributed by atoms with Crippen LogP contribution in [0.15, 0.2) is 79.0 Å². The van der Waals surface area contributed by atoms with E-state index in [9.17, 15) is 9.59 Å². The maximum Gasteiger partial charge on any atom is 0.259 e. The molecule has 146 valence electrons. The van der Waals surface area contributed by atoms with Crippen molar-refractivity contribution in [2.45, 2.75) is 6.54 Å². The minimum Gasteiger partial charge on any atom is -0.397 e. The van der Waals surface area contributed by atoms with Crippen molar-refractivity contribution in [2.75, 3.05) is 16.0 Å². The molecule has 3 N–H and O–H groups in total. The summed E-state index contributed by atoms with van der Waals surface area (Å²) in [6, 6.07) is 22.2. The molecule has 0 saturated carbocycles. The predicted octanol–water partition coefficient (Wildman–Crippen LogP) is 4.23. The van der Waals surface area contributed by atoms with E-state index in [1.54, 1.807) is 41.3 Å². The van der Waals surface area contributed by atoms with Gasteiger partial charge in [0.25, 0.3) is 11.8 Å². The van der Waals surface area contributed by atoms with Gasteiger partial charge in [0.1, 0.15) is 0 Å². The number of amides is 2. The molecule has 0 spiro atoms. The van der Waals surface area contributed by atoms with Gasteiger partial charge in [-0.1, -0.05) is 36.4 Å². The molecule has 4 aromatic rings. The lowest BCUT2D eigenvalue weighted by Gasteiger charge is -2.17. The highest BCUT2D eigenvalue weighted by Gasteiger charge is 2.29. The van der Waals surface area contributed by atoms with E-state index < -0.39 is 0 Å². The van der Waals surface area contributed by atoms with Crippen molar-refractivity contribution >= 4 is 39.6 Å². The average Bonchev–Trinajstić information content (AvgIpc) is 3.04. The molecule has 2 amide bonds. The van der Waals surface area contributed by atoms with Crippen LogP contribution in [-0.2, 0) is 6.54 Å². The first-order valence-electron chi connectivity index (χ1n) is 9.56. The maximum absolute atomic E-state index is 12.9. The Bertz CT molecular complexity index is 1290. The number of nitrogens with two attached hydrogens (primary N) is 1. The van der Waals surface area contributed by atoms with Crippen LogP contribution < -0.4 is 16.0 Å². The van der Waals surface area contributed by atoms with Crippen LogP contribution in [0.25, 0.3) is 10.8 Å².